The fraction of sp³-hybridized carbons (Fsp3) is 0.409. The Morgan fingerprint density at radius 3 is 2.67 bits per heavy atom. The fourth-order valence-corrected chi connectivity index (χ4v) is 3.58. The van der Waals surface area contributed by atoms with Crippen LogP contribution in [0.15, 0.2) is 29.4 Å². The van der Waals surface area contributed by atoms with Crippen LogP contribution in [0.25, 0.3) is 0 Å². The standard InChI is InChI=1S/C22H24N2O6/c1-13-8-18(15(3)24(13)17-5-6-17)19(25)10-27-22(26)11-30-23-14(2)16-4-7-20-21(9-16)29-12-28-20/h4,7-9,17H,5-6,10-12H2,1-3H3/b23-14-. The summed E-state index contributed by atoms with van der Waals surface area (Å²) in [6, 6.07) is 7.76. The molecule has 0 N–H and O–H groups in total. The predicted octanol–water partition coefficient (Wildman–Crippen LogP) is 3.34. The van der Waals surface area contributed by atoms with Crippen LogP contribution in [0, 0.1) is 13.8 Å². The van der Waals surface area contributed by atoms with E-state index in [0.29, 0.717) is 28.8 Å². The largest absolute Gasteiger partial charge is 0.455 e. The smallest absolute Gasteiger partial charge is 0.347 e. The minimum absolute atomic E-state index is 0.195. The Morgan fingerprint density at radius 2 is 1.90 bits per heavy atom. The Bertz CT molecular complexity index is 1020. The summed E-state index contributed by atoms with van der Waals surface area (Å²) >= 11 is 0. The zero-order valence-corrected chi connectivity index (χ0v) is 17.3. The maximum Gasteiger partial charge on any atom is 0.347 e. The van der Waals surface area contributed by atoms with Gasteiger partial charge in [-0.2, -0.15) is 0 Å². The molecule has 0 saturated heterocycles. The van der Waals surface area contributed by atoms with Gasteiger partial charge in [0, 0.05) is 28.6 Å². The van der Waals surface area contributed by atoms with Crippen molar-refractivity contribution in [2.75, 3.05) is 20.0 Å². The topological polar surface area (TPSA) is 88.4 Å². The molecule has 4 rings (SSSR count). The fourth-order valence-electron chi connectivity index (χ4n) is 3.58. The van der Waals surface area contributed by atoms with Gasteiger partial charge in [-0.25, -0.2) is 4.79 Å². The van der Waals surface area contributed by atoms with Gasteiger partial charge < -0.3 is 23.6 Å². The SMILES string of the molecule is C/C(=N/OCC(=O)OCC(=O)c1cc(C)n(C2CC2)c1C)c1ccc2c(c1)OCO2. The zero-order valence-electron chi connectivity index (χ0n) is 17.3. The number of carbonyl (C=O) groups is 2. The Morgan fingerprint density at radius 1 is 1.13 bits per heavy atom. The van der Waals surface area contributed by atoms with Crippen LogP contribution in [0.4, 0.5) is 0 Å². The highest BCUT2D eigenvalue weighted by Gasteiger charge is 2.28. The molecule has 0 bridgehead atoms. The number of esters is 1. The first-order valence-corrected chi connectivity index (χ1v) is 9.88. The average Bonchev–Trinajstić information content (AvgIpc) is 3.36. The number of hydrogen-bond donors (Lipinski definition) is 0. The third-order valence-electron chi connectivity index (χ3n) is 5.24. The summed E-state index contributed by atoms with van der Waals surface area (Å²) < 4.78 is 17.8. The van der Waals surface area contributed by atoms with Gasteiger partial charge in [0.05, 0.1) is 5.71 Å². The van der Waals surface area contributed by atoms with Crippen LogP contribution in [0.3, 0.4) is 0 Å². The van der Waals surface area contributed by atoms with Gasteiger partial charge in [0.15, 0.2) is 18.1 Å². The van der Waals surface area contributed by atoms with Gasteiger partial charge in [0.25, 0.3) is 0 Å². The van der Waals surface area contributed by atoms with Crippen molar-refractivity contribution < 1.29 is 28.6 Å². The van der Waals surface area contributed by atoms with Crippen molar-refractivity contribution in [1.29, 1.82) is 0 Å². The second-order valence-electron chi connectivity index (χ2n) is 7.49. The number of carbonyl (C=O) groups excluding carboxylic acids is 2. The van der Waals surface area contributed by atoms with Crippen LogP contribution in [-0.4, -0.2) is 42.0 Å². The number of nitrogens with zero attached hydrogens (tertiary/aromatic N) is 2. The quantitative estimate of drug-likeness (QED) is 0.286. The molecule has 1 saturated carbocycles. The van der Waals surface area contributed by atoms with E-state index in [1.54, 1.807) is 19.1 Å². The molecule has 2 aromatic rings. The molecule has 0 radical (unpaired) electrons. The summed E-state index contributed by atoms with van der Waals surface area (Å²) in [7, 11) is 0. The molecule has 0 spiro atoms. The van der Waals surface area contributed by atoms with Crippen LogP contribution >= 0.6 is 0 Å². The van der Waals surface area contributed by atoms with Crippen molar-refractivity contribution in [3.8, 4) is 11.5 Å². The summed E-state index contributed by atoms with van der Waals surface area (Å²) in [5, 5.41) is 3.93. The molecule has 1 fully saturated rings. The molecule has 1 aromatic heterocycles. The lowest BCUT2D eigenvalue weighted by Gasteiger charge is -2.08. The molecule has 1 aliphatic heterocycles. The van der Waals surface area contributed by atoms with Crippen LogP contribution in [-0.2, 0) is 14.4 Å². The highest BCUT2D eigenvalue weighted by molar-refractivity contribution is 5.99. The highest BCUT2D eigenvalue weighted by Crippen LogP contribution is 2.38. The number of benzene rings is 1. The van der Waals surface area contributed by atoms with Crippen molar-refractivity contribution in [1.82, 2.24) is 4.57 Å². The minimum atomic E-state index is -0.651. The normalized spacial score (nSPS) is 15.2. The highest BCUT2D eigenvalue weighted by atomic mass is 16.7. The van der Waals surface area contributed by atoms with Gasteiger partial charge in [0.1, 0.15) is 0 Å². The minimum Gasteiger partial charge on any atom is -0.455 e. The molecule has 2 aliphatic rings. The van der Waals surface area contributed by atoms with Crippen LogP contribution < -0.4 is 9.47 Å². The Labute approximate surface area is 174 Å². The van der Waals surface area contributed by atoms with Gasteiger partial charge in [-0.05, 0) is 57.9 Å². The summed E-state index contributed by atoms with van der Waals surface area (Å²) in [4.78, 5) is 29.5. The van der Waals surface area contributed by atoms with E-state index < -0.39 is 5.97 Å². The van der Waals surface area contributed by atoms with E-state index in [-0.39, 0.29) is 25.8 Å². The summed E-state index contributed by atoms with van der Waals surface area (Å²) in [5.74, 6) is 0.449. The van der Waals surface area contributed by atoms with E-state index in [0.717, 1.165) is 29.8 Å². The molecule has 1 aromatic carbocycles. The number of fused-ring (bicyclic) bond motifs is 1. The molecular formula is C22H24N2O6. The van der Waals surface area contributed by atoms with E-state index >= 15 is 0 Å². The van der Waals surface area contributed by atoms with Gasteiger partial charge in [-0.3, -0.25) is 4.79 Å². The molecule has 0 unspecified atom stereocenters. The maximum atomic E-state index is 12.5. The Kier molecular flexibility index (Phi) is 5.48. The third-order valence-corrected chi connectivity index (χ3v) is 5.24. The lowest BCUT2D eigenvalue weighted by molar-refractivity contribution is -0.147. The van der Waals surface area contributed by atoms with Crippen molar-refractivity contribution in [2.24, 2.45) is 5.16 Å². The zero-order chi connectivity index (χ0) is 21.3. The number of ketones is 1. The summed E-state index contributed by atoms with van der Waals surface area (Å²) in [5.41, 5.74) is 3.95. The van der Waals surface area contributed by atoms with Crippen molar-refractivity contribution in [2.45, 2.75) is 39.7 Å². The number of ether oxygens (including phenoxy) is 3. The van der Waals surface area contributed by atoms with E-state index in [1.807, 2.05) is 26.0 Å². The van der Waals surface area contributed by atoms with E-state index in [2.05, 4.69) is 9.72 Å². The molecule has 30 heavy (non-hydrogen) atoms. The van der Waals surface area contributed by atoms with E-state index in [4.69, 9.17) is 19.0 Å². The number of rotatable bonds is 8. The second-order valence-corrected chi connectivity index (χ2v) is 7.49. The number of hydrogen-bond acceptors (Lipinski definition) is 7. The second kappa shape index (κ2) is 8.22. The number of Topliss-reactive ketones (excluding diaryl/α,β-unsaturated/α-hetero) is 1. The molecule has 0 atom stereocenters. The molecule has 0 amide bonds. The summed E-state index contributed by atoms with van der Waals surface area (Å²) in [6.45, 7) is 5.17. The molecule has 1 aliphatic carbocycles. The van der Waals surface area contributed by atoms with Crippen LogP contribution in [0.2, 0.25) is 0 Å². The molecular weight excluding hydrogens is 388 g/mol. The first-order chi connectivity index (χ1) is 14.4. The van der Waals surface area contributed by atoms with Gasteiger partial charge in [-0.1, -0.05) is 5.16 Å². The molecule has 158 valence electrons. The lowest BCUT2D eigenvalue weighted by atomic mass is 10.1. The van der Waals surface area contributed by atoms with E-state index in [9.17, 15) is 9.59 Å². The van der Waals surface area contributed by atoms with Gasteiger partial charge >= 0.3 is 5.97 Å². The van der Waals surface area contributed by atoms with Crippen molar-refractivity contribution in [3.63, 3.8) is 0 Å². The Balaban J connectivity index is 1.26. The number of aryl methyl sites for hydroxylation is 1. The molecule has 8 nitrogen and oxygen atoms in total. The van der Waals surface area contributed by atoms with Crippen molar-refractivity contribution >= 4 is 17.5 Å². The van der Waals surface area contributed by atoms with Gasteiger partial charge in [0.2, 0.25) is 19.2 Å². The van der Waals surface area contributed by atoms with E-state index in [1.165, 1.54) is 0 Å². The summed E-state index contributed by atoms with van der Waals surface area (Å²) in [6.07, 6.45) is 2.28. The maximum absolute atomic E-state index is 12.5. The van der Waals surface area contributed by atoms with Crippen LogP contribution in [0.1, 0.15) is 53.1 Å². The molecule has 2 heterocycles. The van der Waals surface area contributed by atoms with Crippen molar-refractivity contribution in [3.05, 3.63) is 46.8 Å². The van der Waals surface area contributed by atoms with Gasteiger partial charge in [-0.15, -0.1) is 0 Å². The first-order valence-electron chi connectivity index (χ1n) is 9.88. The Hall–Kier alpha value is -3.29. The third kappa shape index (κ3) is 4.17. The molecule has 8 heteroatoms. The first kappa shape index (κ1) is 20.0. The average molecular weight is 412 g/mol. The number of aromatic nitrogens is 1. The number of oxime groups is 1. The van der Waals surface area contributed by atoms with Crippen LogP contribution in [0.5, 0.6) is 11.5 Å². The lowest BCUT2D eigenvalue weighted by Crippen LogP contribution is -2.18. The predicted molar refractivity (Wildman–Crippen MR) is 108 cm³/mol. The monoisotopic (exact) mass is 412 g/mol.